The molecule has 6 rings (SSSR count). The molecule has 3 aromatic carbocycles. The van der Waals surface area contributed by atoms with Crippen LogP contribution in [0.2, 0.25) is 0 Å². The van der Waals surface area contributed by atoms with Crippen molar-refractivity contribution in [1.29, 1.82) is 0 Å². The van der Waals surface area contributed by atoms with E-state index in [1.54, 1.807) is 0 Å². The molecule has 32 heavy (non-hydrogen) atoms. The fourth-order valence-corrected chi connectivity index (χ4v) is 4.93. The summed E-state index contributed by atoms with van der Waals surface area (Å²) in [6, 6.07) is 19.5. The third-order valence-corrected chi connectivity index (χ3v) is 6.19. The van der Waals surface area contributed by atoms with Crippen molar-refractivity contribution < 1.29 is 14.1 Å². The van der Waals surface area contributed by atoms with E-state index in [9.17, 15) is 4.79 Å². The lowest BCUT2D eigenvalue weighted by Gasteiger charge is -2.37. The SMILES string of the molecule is C[C@@H]1CN(c2cc(Nc3ccccc3)c3c4c(onc24)-c2ccccc2C3=O)C[C@@H](C)O1. The Morgan fingerprint density at radius 2 is 1.66 bits per heavy atom. The van der Waals surface area contributed by atoms with Gasteiger partial charge in [-0.05, 0) is 32.0 Å². The van der Waals surface area contributed by atoms with Crippen molar-refractivity contribution in [1.82, 2.24) is 5.16 Å². The van der Waals surface area contributed by atoms with Crippen LogP contribution >= 0.6 is 0 Å². The molecule has 0 saturated carbocycles. The number of morpholine rings is 1. The van der Waals surface area contributed by atoms with E-state index in [0.29, 0.717) is 16.9 Å². The zero-order valence-corrected chi connectivity index (χ0v) is 18.0. The summed E-state index contributed by atoms with van der Waals surface area (Å²) in [4.78, 5) is 15.9. The molecular weight excluding hydrogens is 402 g/mol. The minimum absolute atomic E-state index is 0.0185. The Kier molecular flexibility index (Phi) is 4.30. The van der Waals surface area contributed by atoms with Gasteiger partial charge in [-0.2, -0.15) is 0 Å². The second kappa shape index (κ2) is 7.21. The number of rotatable bonds is 3. The van der Waals surface area contributed by atoms with E-state index in [2.05, 4.69) is 29.2 Å². The summed E-state index contributed by atoms with van der Waals surface area (Å²) in [7, 11) is 0. The first-order chi connectivity index (χ1) is 15.6. The van der Waals surface area contributed by atoms with Gasteiger partial charge in [0.25, 0.3) is 0 Å². The van der Waals surface area contributed by atoms with Crippen LogP contribution in [0.25, 0.3) is 22.2 Å². The van der Waals surface area contributed by atoms with Gasteiger partial charge in [-0.15, -0.1) is 0 Å². The average molecular weight is 425 g/mol. The van der Waals surface area contributed by atoms with Gasteiger partial charge in [0.15, 0.2) is 11.5 Å². The molecule has 6 heteroatoms. The summed E-state index contributed by atoms with van der Waals surface area (Å²) in [5, 5.41) is 8.72. The molecule has 4 aromatic rings. The number of ether oxygens (including phenoxy) is 1. The maximum absolute atomic E-state index is 13.7. The predicted octanol–water partition coefficient (Wildman–Crippen LogP) is 5.40. The Morgan fingerprint density at radius 1 is 0.969 bits per heavy atom. The largest absolute Gasteiger partial charge is 0.372 e. The van der Waals surface area contributed by atoms with Crippen LogP contribution in [0, 0.1) is 0 Å². The number of ketones is 1. The van der Waals surface area contributed by atoms with Crippen LogP contribution in [0.15, 0.2) is 65.2 Å². The third kappa shape index (κ3) is 2.91. The summed E-state index contributed by atoms with van der Waals surface area (Å²) in [5.74, 6) is 0.632. The van der Waals surface area contributed by atoms with Crippen LogP contribution in [0.3, 0.4) is 0 Å². The highest BCUT2D eigenvalue weighted by atomic mass is 16.5. The maximum atomic E-state index is 13.7. The first kappa shape index (κ1) is 19.1. The van der Waals surface area contributed by atoms with E-state index in [1.165, 1.54) is 0 Å². The van der Waals surface area contributed by atoms with E-state index in [-0.39, 0.29) is 18.0 Å². The molecule has 1 aliphatic carbocycles. The minimum atomic E-state index is -0.0185. The van der Waals surface area contributed by atoms with Gasteiger partial charge in [-0.25, -0.2) is 0 Å². The van der Waals surface area contributed by atoms with E-state index in [1.807, 2.05) is 60.7 Å². The van der Waals surface area contributed by atoms with E-state index < -0.39 is 0 Å². The summed E-state index contributed by atoms with van der Waals surface area (Å²) in [5.41, 5.74) is 5.38. The zero-order valence-electron chi connectivity index (χ0n) is 18.0. The molecule has 1 saturated heterocycles. The average Bonchev–Trinajstić information content (AvgIpc) is 3.23. The number of carbonyl (C=O) groups is 1. The van der Waals surface area contributed by atoms with Gasteiger partial charge >= 0.3 is 0 Å². The summed E-state index contributed by atoms with van der Waals surface area (Å²) in [6.45, 7) is 5.65. The molecule has 2 aliphatic rings. The molecule has 1 N–H and O–H groups in total. The highest BCUT2D eigenvalue weighted by Crippen LogP contribution is 2.46. The molecule has 0 radical (unpaired) electrons. The zero-order chi connectivity index (χ0) is 21.8. The number of fused-ring (bicyclic) bond motifs is 2. The normalized spacial score (nSPS) is 19.8. The highest BCUT2D eigenvalue weighted by Gasteiger charge is 2.34. The smallest absolute Gasteiger partial charge is 0.196 e. The van der Waals surface area contributed by atoms with Crippen molar-refractivity contribution in [2.24, 2.45) is 0 Å². The van der Waals surface area contributed by atoms with Gasteiger partial charge in [-0.3, -0.25) is 4.79 Å². The summed E-state index contributed by atoms with van der Waals surface area (Å²) < 4.78 is 11.8. The van der Waals surface area contributed by atoms with Crippen LogP contribution in [0.5, 0.6) is 0 Å². The third-order valence-electron chi connectivity index (χ3n) is 6.19. The molecular formula is C26H23N3O3. The number of aromatic nitrogens is 1. The van der Waals surface area contributed by atoms with Crippen LogP contribution in [-0.2, 0) is 4.74 Å². The Balaban J connectivity index is 1.61. The summed E-state index contributed by atoms with van der Waals surface area (Å²) in [6.07, 6.45) is 0.196. The van der Waals surface area contributed by atoms with E-state index in [0.717, 1.165) is 46.6 Å². The molecule has 6 nitrogen and oxygen atoms in total. The predicted molar refractivity (Wildman–Crippen MR) is 125 cm³/mol. The number of para-hydroxylation sites is 1. The lowest BCUT2D eigenvalue weighted by Crippen LogP contribution is -2.45. The van der Waals surface area contributed by atoms with Crippen molar-refractivity contribution in [2.45, 2.75) is 26.1 Å². The second-order valence-corrected chi connectivity index (χ2v) is 8.58. The van der Waals surface area contributed by atoms with Crippen LogP contribution in [0.4, 0.5) is 17.1 Å². The van der Waals surface area contributed by atoms with Crippen molar-refractivity contribution >= 4 is 33.7 Å². The summed E-state index contributed by atoms with van der Waals surface area (Å²) >= 11 is 0. The molecule has 0 amide bonds. The van der Waals surface area contributed by atoms with Crippen molar-refractivity contribution in [3.05, 3.63) is 71.8 Å². The number of nitrogens with zero attached hydrogens (tertiary/aromatic N) is 2. The van der Waals surface area contributed by atoms with Crippen LogP contribution in [-0.4, -0.2) is 36.2 Å². The number of anilines is 3. The van der Waals surface area contributed by atoms with Crippen molar-refractivity contribution in [3.63, 3.8) is 0 Å². The highest BCUT2D eigenvalue weighted by molar-refractivity contribution is 6.28. The molecule has 0 spiro atoms. The van der Waals surface area contributed by atoms with Crippen LogP contribution < -0.4 is 10.2 Å². The quantitative estimate of drug-likeness (QED) is 0.418. The van der Waals surface area contributed by atoms with Gasteiger partial charge < -0.3 is 19.5 Å². The number of hydrogen-bond acceptors (Lipinski definition) is 6. The van der Waals surface area contributed by atoms with E-state index in [4.69, 9.17) is 9.26 Å². The fourth-order valence-electron chi connectivity index (χ4n) is 4.93. The van der Waals surface area contributed by atoms with Crippen molar-refractivity contribution in [2.75, 3.05) is 23.3 Å². The number of carbonyl (C=O) groups excluding carboxylic acids is 1. The van der Waals surface area contributed by atoms with Gasteiger partial charge in [0.05, 0.1) is 34.5 Å². The Labute approximate surface area is 185 Å². The monoisotopic (exact) mass is 425 g/mol. The molecule has 2 atom stereocenters. The molecule has 1 aliphatic heterocycles. The van der Waals surface area contributed by atoms with Gasteiger partial charge in [0.2, 0.25) is 0 Å². The Hall–Kier alpha value is -3.64. The minimum Gasteiger partial charge on any atom is -0.372 e. The molecule has 2 heterocycles. The van der Waals surface area contributed by atoms with Gasteiger partial charge in [0, 0.05) is 29.9 Å². The Morgan fingerprint density at radius 3 is 2.41 bits per heavy atom. The van der Waals surface area contributed by atoms with Gasteiger partial charge in [-0.1, -0.05) is 47.6 Å². The van der Waals surface area contributed by atoms with Crippen LogP contribution in [0.1, 0.15) is 29.8 Å². The second-order valence-electron chi connectivity index (χ2n) is 8.58. The topological polar surface area (TPSA) is 67.6 Å². The Bertz CT molecular complexity index is 1340. The maximum Gasteiger partial charge on any atom is 0.196 e. The number of hydrogen-bond donors (Lipinski definition) is 1. The van der Waals surface area contributed by atoms with E-state index >= 15 is 0 Å². The first-order valence-electron chi connectivity index (χ1n) is 10.9. The standard InChI is InChI=1S/C26H23N3O3/c1-15-13-29(14-16(2)31-15)21-12-20(27-17-8-4-3-5-9-17)22-23-24(21)28-32-26(23)19-11-7-6-10-18(19)25(22)30/h3-12,15-16,27H,13-14H2,1-2H3/t15-,16-/m1/s1. The lowest BCUT2D eigenvalue weighted by atomic mass is 9.86. The number of benzene rings is 3. The fraction of sp³-hybridized carbons (Fsp3) is 0.231. The molecule has 1 aromatic heterocycles. The molecule has 0 bridgehead atoms. The first-order valence-corrected chi connectivity index (χ1v) is 10.9. The van der Waals surface area contributed by atoms with Crippen molar-refractivity contribution in [3.8, 4) is 11.3 Å². The molecule has 0 unspecified atom stereocenters. The molecule has 160 valence electrons. The lowest BCUT2D eigenvalue weighted by molar-refractivity contribution is -0.00515. The number of nitrogens with one attached hydrogen (secondary N) is 1. The van der Waals surface area contributed by atoms with Gasteiger partial charge in [0.1, 0.15) is 5.52 Å². The molecule has 1 fully saturated rings.